The summed E-state index contributed by atoms with van der Waals surface area (Å²) < 4.78 is 2.34. The SMILES string of the molecule is NC1CCC2(CC1)c1cc(Br)ccc1-c1ccc(Br)cc12. The van der Waals surface area contributed by atoms with Crippen molar-refractivity contribution in [3.05, 3.63) is 56.5 Å². The third kappa shape index (κ3) is 2.05. The van der Waals surface area contributed by atoms with Gasteiger partial charge in [-0.05, 0) is 72.2 Å². The summed E-state index contributed by atoms with van der Waals surface area (Å²) in [5.41, 5.74) is 12.1. The van der Waals surface area contributed by atoms with E-state index in [0.29, 0.717) is 6.04 Å². The number of halogens is 2. The quantitative estimate of drug-likeness (QED) is 0.624. The molecule has 2 N–H and O–H groups in total. The minimum absolute atomic E-state index is 0.161. The fourth-order valence-electron chi connectivity index (χ4n) is 4.11. The molecule has 4 rings (SSSR count). The number of nitrogens with two attached hydrogens (primary N) is 1. The number of benzene rings is 2. The maximum absolute atomic E-state index is 6.17. The average molecular weight is 407 g/mol. The Balaban J connectivity index is 1.98. The van der Waals surface area contributed by atoms with Crippen molar-refractivity contribution >= 4 is 31.9 Å². The molecule has 1 fully saturated rings. The van der Waals surface area contributed by atoms with Crippen LogP contribution >= 0.6 is 31.9 Å². The molecule has 0 amide bonds. The van der Waals surface area contributed by atoms with E-state index in [9.17, 15) is 0 Å². The van der Waals surface area contributed by atoms with E-state index in [4.69, 9.17) is 5.73 Å². The lowest BCUT2D eigenvalue weighted by Crippen LogP contribution is -2.36. The molecular formula is C18H17Br2N. The van der Waals surface area contributed by atoms with E-state index in [1.165, 1.54) is 31.2 Å². The van der Waals surface area contributed by atoms with Crippen molar-refractivity contribution < 1.29 is 0 Å². The van der Waals surface area contributed by atoms with Crippen LogP contribution in [0.5, 0.6) is 0 Å². The van der Waals surface area contributed by atoms with Gasteiger partial charge in [0, 0.05) is 20.4 Å². The summed E-state index contributed by atoms with van der Waals surface area (Å²) in [7, 11) is 0. The maximum atomic E-state index is 6.17. The molecule has 2 aliphatic carbocycles. The van der Waals surface area contributed by atoms with Crippen LogP contribution in [0.3, 0.4) is 0 Å². The smallest absolute Gasteiger partial charge is 0.0217 e. The second-order valence-corrected chi connectivity index (χ2v) is 8.13. The number of hydrogen-bond acceptors (Lipinski definition) is 1. The molecule has 0 aromatic heterocycles. The molecule has 108 valence electrons. The Morgan fingerprint density at radius 1 is 0.857 bits per heavy atom. The van der Waals surface area contributed by atoms with Crippen LogP contribution in [-0.4, -0.2) is 6.04 Å². The lowest BCUT2D eigenvalue weighted by atomic mass is 9.67. The van der Waals surface area contributed by atoms with Crippen LogP contribution in [0.15, 0.2) is 45.3 Å². The lowest BCUT2D eigenvalue weighted by molar-refractivity contribution is 0.321. The van der Waals surface area contributed by atoms with E-state index in [0.717, 1.165) is 25.7 Å². The summed E-state index contributed by atoms with van der Waals surface area (Å²) in [6, 6.07) is 13.8. The molecule has 0 heterocycles. The molecule has 1 nitrogen and oxygen atoms in total. The monoisotopic (exact) mass is 405 g/mol. The van der Waals surface area contributed by atoms with E-state index in [-0.39, 0.29) is 5.41 Å². The summed E-state index contributed by atoms with van der Waals surface area (Å²) >= 11 is 7.30. The van der Waals surface area contributed by atoms with Gasteiger partial charge in [-0.2, -0.15) is 0 Å². The summed E-state index contributed by atoms with van der Waals surface area (Å²) in [5.74, 6) is 0. The second kappa shape index (κ2) is 4.94. The third-order valence-corrected chi connectivity index (χ3v) is 6.15. The molecular weight excluding hydrogens is 390 g/mol. The molecule has 21 heavy (non-hydrogen) atoms. The minimum Gasteiger partial charge on any atom is -0.328 e. The standard InChI is InChI=1S/C18H17Br2N/c19-11-1-3-14-15-4-2-12(20)10-17(15)18(16(14)9-11)7-5-13(21)6-8-18/h1-4,9-10,13H,5-8,21H2. The first-order valence-corrected chi connectivity index (χ1v) is 9.05. The fourth-order valence-corrected chi connectivity index (χ4v) is 4.83. The zero-order valence-electron chi connectivity index (χ0n) is 11.7. The molecule has 0 saturated heterocycles. The summed E-state index contributed by atoms with van der Waals surface area (Å²) in [4.78, 5) is 0. The molecule has 0 aliphatic heterocycles. The van der Waals surface area contributed by atoms with Crippen molar-refractivity contribution in [1.29, 1.82) is 0 Å². The van der Waals surface area contributed by atoms with Crippen LogP contribution < -0.4 is 5.73 Å². The molecule has 0 unspecified atom stereocenters. The van der Waals surface area contributed by atoms with Crippen molar-refractivity contribution in [2.45, 2.75) is 37.1 Å². The summed E-state index contributed by atoms with van der Waals surface area (Å²) in [6.07, 6.45) is 4.53. The van der Waals surface area contributed by atoms with E-state index < -0.39 is 0 Å². The van der Waals surface area contributed by atoms with Crippen molar-refractivity contribution in [3.63, 3.8) is 0 Å². The number of hydrogen-bond donors (Lipinski definition) is 1. The van der Waals surface area contributed by atoms with Crippen LogP contribution in [0.1, 0.15) is 36.8 Å². The zero-order valence-corrected chi connectivity index (χ0v) is 14.9. The van der Waals surface area contributed by atoms with Gasteiger partial charge < -0.3 is 5.73 Å². The highest BCUT2D eigenvalue weighted by Crippen LogP contribution is 2.56. The van der Waals surface area contributed by atoms with Gasteiger partial charge in [-0.25, -0.2) is 0 Å². The molecule has 2 aromatic rings. The topological polar surface area (TPSA) is 26.0 Å². The maximum Gasteiger partial charge on any atom is 0.0217 e. The summed E-state index contributed by atoms with van der Waals surface area (Å²) in [6.45, 7) is 0. The molecule has 2 aromatic carbocycles. The first kappa shape index (κ1) is 14.0. The van der Waals surface area contributed by atoms with E-state index >= 15 is 0 Å². The first-order valence-electron chi connectivity index (χ1n) is 7.46. The second-order valence-electron chi connectivity index (χ2n) is 6.30. The highest BCUT2D eigenvalue weighted by Gasteiger charge is 2.44. The van der Waals surface area contributed by atoms with Gasteiger partial charge in [-0.15, -0.1) is 0 Å². The van der Waals surface area contributed by atoms with Gasteiger partial charge in [0.15, 0.2) is 0 Å². The Labute approximate surface area is 142 Å². The molecule has 0 atom stereocenters. The van der Waals surface area contributed by atoms with Gasteiger partial charge in [-0.3, -0.25) is 0 Å². The van der Waals surface area contributed by atoms with Gasteiger partial charge >= 0.3 is 0 Å². The molecule has 2 aliphatic rings. The highest BCUT2D eigenvalue weighted by molar-refractivity contribution is 9.10. The molecule has 0 radical (unpaired) electrons. The Morgan fingerprint density at radius 2 is 1.33 bits per heavy atom. The average Bonchev–Trinajstić information content (AvgIpc) is 2.72. The Morgan fingerprint density at radius 3 is 1.81 bits per heavy atom. The van der Waals surface area contributed by atoms with E-state index in [1.54, 1.807) is 0 Å². The van der Waals surface area contributed by atoms with Gasteiger partial charge in [-0.1, -0.05) is 44.0 Å². The Bertz CT molecular complexity index is 662. The van der Waals surface area contributed by atoms with Crippen LogP contribution in [0.25, 0.3) is 11.1 Å². The minimum atomic E-state index is 0.161. The zero-order chi connectivity index (χ0) is 14.6. The van der Waals surface area contributed by atoms with E-state index in [1.807, 2.05) is 0 Å². The number of fused-ring (bicyclic) bond motifs is 5. The van der Waals surface area contributed by atoms with Crippen molar-refractivity contribution in [2.75, 3.05) is 0 Å². The normalized spacial score (nSPS) is 19.6. The van der Waals surface area contributed by atoms with Gasteiger partial charge in [0.25, 0.3) is 0 Å². The van der Waals surface area contributed by atoms with E-state index in [2.05, 4.69) is 68.3 Å². The van der Waals surface area contributed by atoms with Gasteiger partial charge in [0.05, 0.1) is 0 Å². The molecule has 1 spiro atoms. The highest BCUT2D eigenvalue weighted by atomic mass is 79.9. The molecule has 0 bridgehead atoms. The predicted octanol–water partition coefficient (Wildman–Crippen LogP) is 5.38. The van der Waals surface area contributed by atoms with Crippen LogP contribution in [0.2, 0.25) is 0 Å². The van der Waals surface area contributed by atoms with Crippen LogP contribution in [-0.2, 0) is 5.41 Å². The third-order valence-electron chi connectivity index (χ3n) is 5.17. The number of rotatable bonds is 0. The van der Waals surface area contributed by atoms with Crippen molar-refractivity contribution in [3.8, 4) is 11.1 Å². The largest absolute Gasteiger partial charge is 0.328 e. The molecule has 3 heteroatoms. The van der Waals surface area contributed by atoms with Gasteiger partial charge in [0.1, 0.15) is 0 Å². The van der Waals surface area contributed by atoms with Crippen LogP contribution in [0.4, 0.5) is 0 Å². The lowest BCUT2D eigenvalue weighted by Gasteiger charge is -2.38. The van der Waals surface area contributed by atoms with Crippen molar-refractivity contribution in [2.24, 2.45) is 5.73 Å². The van der Waals surface area contributed by atoms with Gasteiger partial charge in [0.2, 0.25) is 0 Å². The summed E-state index contributed by atoms with van der Waals surface area (Å²) in [5, 5.41) is 0. The van der Waals surface area contributed by atoms with Crippen molar-refractivity contribution in [1.82, 2.24) is 0 Å². The fraction of sp³-hybridized carbons (Fsp3) is 0.333. The predicted molar refractivity (Wildman–Crippen MR) is 94.5 cm³/mol. The molecule has 1 saturated carbocycles. The Hall–Kier alpha value is -0.640. The Kier molecular flexibility index (Phi) is 3.29. The van der Waals surface area contributed by atoms with Crippen LogP contribution in [0, 0.1) is 0 Å². The first-order chi connectivity index (χ1) is 10.1.